The maximum Gasteiger partial charge on any atom is 0.244 e. The number of benzene rings is 2. The lowest BCUT2D eigenvalue weighted by atomic mass is 10.1. The van der Waals surface area contributed by atoms with E-state index >= 15 is 0 Å². The number of rotatable bonds is 11. The molecule has 7 nitrogen and oxygen atoms in total. The molecule has 0 radical (unpaired) electrons. The monoisotopic (exact) mass is 493 g/mol. The minimum absolute atomic E-state index is 0.151. The molecule has 1 atom stereocenters. The first-order chi connectivity index (χ1) is 15.6. The third-order valence-corrected chi connectivity index (χ3v) is 6.70. The van der Waals surface area contributed by atoms with Crippen LogP contribution in [0.25, 0.3) is 0 Å². The Hall–Kier alpha value is -2.58. The molecular weight excluding hydrogens is 462 g/mol. The van der Waals surface area contributed by atoms with Gasteiger partial charge in [0.1, 0.15) is 12.6 Å². The number of nitrogens with zero attached hydrogens (tertiary/aromatic N) is 2. The van der Waals surface area contributed by atoms with E-state index in [1.54, 1.807) is 36.4 Å². The number of halogens is 1. The minimum atomic E-state index is -3.75. The normalized spacial score (nSPS) is 12.2. The SMILES string of the molecule is CCNC(=O)[C@@H](CC)N(Cc1ccc(Cl)cc1)C(=O)CN(c1ccccc1CC)S(C)(=O)=O. The summed E-state index contributed by atoms with van der Waals surface area (Å²) in [6.07, 6.45) is 2.08. The van der Waals surface area contributed by atoms with Crippen LogP contribution < -0.4 is 9.62 Å². The van der Waals surface area contributed by atoms with Crippen molar-refractivity contribution in [3.8, 4) is 0 Å². The first kappa shape index (κ1) is 26.7. The molecule has 0 fully saturated rings. The van der Waals surface area contributed by atoms with Crippen LogP contribution in [0.2, 0.25) is 5.02 Å². The topological polar surface area (TPSA) is 86.8 Å². The Morgan fingerprint density at radius 2 is 1.67 bits per heavy atom. The number of aryl methyl sites for hydroxylation is 1. The van der Waals surface area contributed by atoms with E-state index < -0.39 is 28.5 Å². The summed E-state index contributed by atoms with van der Waals surface area (Å²) in [5.74, 6) is -0.735. The predicted octanol–water partition coefficient (Wildman–Crippen LogP) is 3.61. The maximum atomic E-state index is 13.6. The lowest BCUT2D eigenvalue weighted by Crippen LogP contribution is -2.52. The molecule has 180 valence electrons. The van der Waals surface area contributed by atoms with Gasteiger partial charge in [0.25, 0.3) is 0 Å². The average molecular weight is 494 g/mol. The van der Waals surface area contributed by atoms with Crippen molar-refractivity contribution in [2.75, 3.05) is 23.7 Å². The zero-order chi connectivity index (χ0) is 24.6. The van der Waals surface area contributed by atoms with Gasteiger partial charge in [-0.3, -0.25) is 13.9 Å². The van der Waals surface area contributed by atoms with Gasteiger partial charge >= 0.3 is 0 Å². The highest BCUT2D eigenvalue weighted by Crippen LogP contribution is 2.24. The van der Waals surface area contributed by atoms with Gasteiger partial charge in [0.15, 0.2) is 0 Å². The van der Waals surface area contributed by atoms with Gasteiger partial charge in [-0.15, -0.1) is 0 Å². The van der Waals surface area contributed by atoms with Crippen molar-refractivity contribution in [3.05, 3.63) is 64.7 Å². The van der Waals surface area contributed by atoms with Crippen LogP contribution in [0.4, 0.5) is 5.69 Å². The number of hydrogen-bond acceptors (Lipinski definition) is 4. The van der Waals surface area contributed by atoms with Crippen LogP contribution >= 0.6 is 11.6 Å². The van der Waals surface area contributed by atoms with Crippen molar-refractivity contribution in [1.29, 1.82) is 0 Å². The number of carbonyl (C=O) groups is 2. The van der Waals surface area contributed by atoms with E-state index in [0.717, 1.165) is 21.7 Å². The van der Waals surface area contributed by atoms with E-state index in [1.165, 1.54) is 4.90 Å². The summed E-state index contributed by atoms with van der Waals surface area (Å²) in [5.41, 5.74) is 2.07. The van der Waals surface area contributed by atoms with Gasteiger partial charge in [0.2, 0.25) is 21.8 Å². The standard InChI is InChI=1S/C24H32ClN3O4S/c1-5-19-10-8-9-11-22(19)28(33(4,31)32)17-23(29)27(21(6-2)24(30)26-7-3)16-18-12-14-20(25)15-13-18/h8-15,21H,5-7,16-17H2,1-4H3,(H,26,30)/t21-/m1/s1. The van der Waals surface area contributed by atoms with Crippen LogP contribution in [0.1, 0.15) is 38.3 Å². The van der Waals surface area contributed by atoms with E-state index in [9.17, 15) is 18.0 Å². The molecule has 1 N–H and O–H groups in total. The predicted molar refractivity (Wildman–Crippen MR) is 133 cm³/mol. The molecule has 0 aliphatic rings. The summed E-state index contributed by atoms with van der Waals surface area (Å²) >= 11 is 5.99. The molecule has 0 saturated heterocycles. The zero-order valence-electron chi connectivity index (χ0n) is 19.5. The number of likely N-dealkylation sites (N-methyl/N-ethyl adjacent to an activating group) is 1. The quantitative estimate of drug-likeness (QED) is 0.518. The highest BCUT2D eigenvalue weighted by molar-refractivity contribution is 7.92. The van der Waals surface area contributed by atoms with E-state index in [0.29, 0.717) is 30.1 Å². The van der Waals surface area contributed by atoms with E-state index in [4.69, 9.17) is 11.6 Å². The second kappa shape index (κ2) is 12.0. The molecular formula is C24H32ClN3O4S. The van der Waals surface area contributed by atoms with Crippen molar-refractivity contribution in [3.63, 3.8) is 0 Å². The van der Waals surface area contributed by atoms with E-state index in [1.807, 2.05) is 32.9 Å². The molecule has 0 aliphatic heterocycles. The summed E-state index contributed by atoms with van der Waals surface area (Å²) in [7, 11) is -3.75. The molecule has 0 bridgehead atoms. The molecule has 0 spiro atoms. The Labute approximate surface area is 201 Å². The van der Waals surface area contributed by atoms with Crippen LogP contribution in [-0.4, -0.2) is 50.5 Å². The van der Waals surface area contributed by atoms with Crippen molar-refractivity contribution < 1.29 is 18.0 Å². The third-order valence-electron chi connectivity index (χ3n) is 5.32. The molecule has 0 saturated carbocycles. The first-order valence-corrected chi connectivity index (χ1v) is 13.2. The number of sulfonamides is 1. The molecule has 0 heterocycles. The van der Waals surface area contributed by atoms with Gasteiger partial charge in [0.05, 0.1) is 11.9 Å². The fourth-order valence-corrected chi connectivity index (χ4v) is 4.65. The molecule has 2 rings (SSSR count). The highest BCUT2D eigenvalue weighted by atomic mass is 35.5. The molecule has 0 unspecified atom stereocenters. The second-order valence-corrected chi connectivity index (χ2v) is 10.1. The minimum Gasteiger partial charge on any atom is -0.355 e. The molecule has 0 aliphatic carbocycles. The van der Waals surface area contributed by atoms with Crippen molar-refractivity contribution >= 4 is 39.1 Å². The Kier molecular flexibility index (Phi) is 9.73. The lowest BCUT2D eigenvalue weighted by Gasteiger charge is -2.33. The first-order valence-electron chi connectivity index (χ1n) is 11.0. The molecule has 0 aromatic heterocycles. The van der Waals surface area contributed by atoms with Gasteiger partial charge in [-0.25, -0.2) is 8.42 Å². The molecule has 2 aromatic carbocycles. The van der Waals surface area contributed by atoms with Crippen molar-refractivity contribution in [2.24, 2.45) is 0 Å². The van der Waals surface area contributed by atoms with Gasteiger partial charge in [-0.2, -0.15) is 0 Å². The summed E-state index contributed by atoms with van der Waals surface area (Å²) in [4.78, 5) is 27.8. The molecule has 33 heavy (non-hydrogen) atoms. The Balaban J connectivity index is 2.46. The lowest BCUT2D eigenvalue weighted by molar-refractivity contribution is -0.140. The number of para-hydroxylation sites is 1. The van der Waals surface area contributed by atoms with Crippen molar-refractivity contribution in [2.45, 2.75) is 46.2 Å². The number of nitrogens with one attached hydrogen (secondary N) is 1. The van der Waals surface area contributed by atoms with Crippen LogP contribution in [-0.2, 0) is 32.6 Å². The largest absolute Gasteiger partial charge is 0.355 e. The van der Waals surface area contributed by atoms with E-state index in [-0.39, 0.29) is 12.5 Å². The average Bonchev–Trinajstić information content (AvgIpc) is 2.78. The van der Waals surface area contributed by atoms with Gasteiger partial charge < -0.3 is 10.2 Å². The molecule has 9 heteroatoms. The van der Waals surface area contributed by atoms with Crippen LogP contribution in [0.3, 0.4) is 0 Å². The van der Waals surface area contributed by atoms with Gasteiger partial charge in [-0.05, 0) is 49.1 Å². The highest BCUT2D eigenvalue weighted by Gasteiger charge is 2.32. The fourth-order valence-electron chi connectivity index (χ4n) is 3.65. The Morgan fingerprint density at radius 1 is 1.03 bits per heavy atom. The zero-order valence-corrected chi connectivity index (χ0v) is 21.1. The maximum absolute atomic E-state index is 13.6. The summed E-state index contributed by atoms with van der Waals surface area (Å²) in [6, 6.07) is 13.4. The Bertz CT molecular complexity index is 1060. The summed E-state index contributed by atoms with van der Waals surface area (Å²) in [6.45, 7) is 5.73. The number of carbonyl (C=O) groups excluding carboxylic acids is 2. The second-order valence-electron chi connectivity index (χ2n) is 7.72. The van der Waals surface area contributed by atoms with Gasteiger partial charge in [-0.1, -0.05) is 55.8 Å². The fraction of sp³-hybridized carbons (Fsp3) is 0.417. The van der Waals surface area contributed by atoms with Gasteiger partial charge in [0, 0.05) is 18.1 Å². The summed E-state index contributed by atoms with van der Waals surface area (Å²) in [5, 5.41) is 3.34. The third kappa shape index (κ3) is 7.20. The summed E-state index contributed by atoms with van der Waals surface area (Å²) < 4.78 is 26.5. The van der Waals surface area contributed by atoms with Crippen LogP contribution in [0.15, 0.2) is 48.5 Å². The van der Waals surface area contributed by atoms with Crippen LogP contribution in [0, 0.1) is 0 Å². The van der Waals surface area contributed by atoms with Crippen molar-refractivity contribution in [1.82, 2.24) is 10.2 Å². The smallest absolute Gasteiger partial charge is 0.244 e. The Morgan fingerprint density at radius 3 is 2.21 bits per heavy atom. The molecule has 2 aromatic rings. The number of hydrogen-bond donors (Lipinski definition) is 1. The van der Waals surface area contributed by atoms with Crippen LogP contribution in [0.5, 0.6) is 0 Å². The number of amides is 2. The number of anilines is 1. The van der Waals surface area contributed by atoms with E-state index in [2.05, 4.69) is 5.32 Å². The molecule has 2 amide bonds.